The van der Waals surface area contributed by atoms with Gasteiger partial charge in [-0.3, -0.25) is 4.79 Å². The van der Waals surface area contributed by atoms with Gasteiger partial charge >= 0.3 is 0 Å². The maximum absolute atomic E-state index is 12.3. The van der Waals surface area contributed by atoms with Crippen molar-refractivity contribution in [3.05, 3.63) is 71.7 Å². The van der Waals surface area contributed by atoms with Crippen molar-refractivity contribution in [2.45, 2.75) is 26.2 Å². The van der Waals surface area contributed by atoms with E-state index in [1.807, 2.05) is 43.3 Å². The monoisotopic (exact) mass is 321 g/mol. The van der Waals surface area contributed by atoms with Crippen LogP contribution in [0.5, 0.6) is 0 Å². The SMILES string of the molecule is CC(/C=C/C(=O)c1ccc(N2CCCCC2)cc1)=C\c1ccco1. The smallest absolute Gasteiger partial charge is 0.185 e. The number of furan rings is 1. The van der Waals surface area contributed by atoms with Crippen LogP contribution in [0.1, 0.15) is 42.3 Å². The van der Waals surface area contributed by atoms with Crippen LogP contribution in [-0.2, 0) is 0 Å². The molecule has 0 bridgehead atoms. The first-order valence-electron chi connectivity index (χ1n) is 8.51. The Balaban J connectivity index is 1.63. The number of carbonyl (C=O) groups is 1. The number of ketones is 1. The van der Waals surface area contributed by atoms with Crippen LogP contribution in [0.4, 0.5) is 5.69 Å². The van der Waals surface area contributed by atoms with Gasteiger partial charge < -0.3 is 9.32 Å². The number of rotatable bonds is 5. The van der Waals surface area contributed by atoms with E-state index in [4.69, 9.17) is 4.42 Å². The lowest BCUT2D eigenvalue weighted by molar-refractivity contribution is 0.104. The molecule has 3 heteroatoms. The van der Waals surface area contributed by atoms with E-state index in [0.29, 0.717) is 0 Å². The van der Waals surface area contributed by atoms with Gasteiger partial charge in [0.05, 0.1) is 6.26 Å². The number of piperidine rings is 1. The zero-order valence-electron chi connectivity index (χ0n) is 14.1. The van der Waals surface area contributed by atoms with Crippen molar-refractivity contribution < 1.29 is 9.21 Å². The predicted octanol–water partition coefficient (Wildman–Crippen LogP) is 5.11. The summed E-state index contributed by atoms with van der Waals surface area (Å²) in [5, 5.41) is 0. The number of hydrogen-bond donors (Lipinski definition) is 0. The molecular weight excluding hydrogens is 298 g/mol. The summed E-state index contributed by atoms with van der Waals surface area (Å²) >= 11 is 0. The van der Waals surface area contributed by atoms with E-state index >= 15 is 0 Å². The second-order valence-electron chi connectivity index (χ2n) is 6.20. The molecule has 1 aromatic heterocycles. The molecule has 0 radical (unpaired) electrons. The fraction of sp³-hybridized carbons (Fsp3) is 0.286. The molecular formula is C21H23NO2. The Kier molecular flexibility index (Phi) is 5.32. The Morgan fingerprint density at radius 2 is 1.79 bits per heavy atom. The summed E-state index contributed by atoms with van der Waals surface area (Å²) in [6.07, 6.45) is 10.8. The molecule has 0 amide bonds. The third-order valence-electron chi connectivity index (χ3n) is 4.28. The Morgan fingerprint density at radius 3 is 2.46 bits per heavy atom. The second kappa shape index (κ2) is 7.82. The number of anilines is 1. The highest BCUT2D eigenvalue weighted by atomic mass is 16.3. The van der Waals surface area contributed by atoms with Crippen molar-refractivity contribution in [3.63, 3.8) is 0 Å². The molecule has 0 N–H and O–H groups in total. The van der Waals surface area contributed by atoms with Crippen LogP contribution in [-0.4, -0.2) is 18.9 Å². The van der Waals surface area contributed by atoms with Gasteiger partial charge in [-0.2, -0.15) is 0 Å². The van der Waals surface area contributed by atoms with Crippen molar-refractivity contribution in [1.82, 2.24) is 0 Å². The maximum atomic E-state index is 12.3. The van der Waals surface area contributed by atoms with Gasteiger partial charge in [0.15, 0.2) is 5.78 Å². The molecule has 3 nitrogen and oxygen atoms in total. The lowest BCUT2D eigenvalue weighted by Gasteiger charge is -2.28. The van der Waals surface area contributed by atoms with Crippen LogP contribution >= 0.6 is 0 Å². The minimum Gasteiger partial charge on any atom is -0.465 e. The lowest BCUT2D eigenvalue weighted by Crippen LogP contribution is -2.29. The lowest BCUT2D eigenvalue weighted by atomic mass is 10.1. The van der Waals surface area contributed by atoms with E-state index in [-0.39, 0.29) is 5.78 Å². The van der Waals surface area contributed by atoms with Gasteiger partial charge in [-0.1, -0.05) is 6.08 Å². The summed E-state index contributed by atoms with van der Waals surface area (Å²) in [4.78, 5) is 14.7. The van der Waals surface area contributed by atoms with Gasteiger partial charge in [0.25, 0.3) is 0 Å². The molecule has 0 saturated carbocycles. The first-order valence-corrected chi connectivity index (χ1v) is 8.51. The summed E-state index contributed by atoms with van der Waals surface area (Å²) in [5.41, 5.74) is 2.91. The van der Waals surface area contributed by atoms with Crippen LogP contribution in [0, 0.1) is 0 Å². The van der Waals surface area contributed by atoms with E-state index < -0.39 is 0 Å². The Bertz CT molecular complexity index is 718. The first-order chi connectivity index (χ1) is 11.7. The van der Waals surface area contributed by atoms with Gasteiger partial charge in [0, 0.05) is 24.3 Å². The van der Waals surface area contributed by atoms with E-state index in [1.165, 1.54) is 24.9 Å². The van der Waals surface area contributed by atoms with Crippen LogP contribution < -0.4 is 4.90 Å². The van der Waals surface area contributed by atoms with Crippen LogP contribution in [0.3, 0.4) is 0 Å². The molecule has 0 atom stereocenters. The third-order valence-corrected chi connectivity index (χ3v) is 4.28. The highest BCUT2D eigenvalue weighted by Gasteiger charge is 2.11. The van der Waals surface area contributed by atoms with Crippen LogP contribution in [0.25, 0.3) is 6.08 Å². The van der Waals surface area contributed by atoms with Gasteiger partial charge in [0.2, 0.25) is 0 Å². The molecule has 124 valence electrons. The van der Waals surface area contributed by atoms with E-state index in [2.05, 4.69) is 17.0 Å². The van der Waals surface area contributed by atoms with Crippen molar-refractivity contribution >= 4 is 17.5 Å². The molecule has 0 unspecified atom stereocenters. The summed E-state index contributed by atoms with van der Waals surface area (Å²) in [6, 6.07) is 11.7. The molecule has 1 aliphatic heterocycles. The molecule has 2 aromatic rings. The standard InChI is InChI=1S/C21H23NO2/c1-17(16-20-6-5-15-24-20)7-12-21(23)18-8-10-19(11-9-18)22-13-3-2-4-14-22/h5-12,15-16H,2-4,13-14H2,1H3/b12-7+,17-16+. The van der Waals surface area contributed by atoms with Gasteiger partial charge in [-0.25, -0.2) is 0 Å². The molecule has 1 aromatic carbocycles. The molecule has 2 heterocycles. The minimum absolute atomic E-state index is 0.0207. The zero-order chi connectivity index (χ0) is 16.8. The number of carbonyl (C=O) groups excluding carboxylic acids is 1. The molecule has 1 fully saturated rings. The largest absolute Gasteiger partial charge is 0.465 e. The Morgan fingerprint density at radius 1 is 1.04 bits per heavy atom. The Labute approximate surface area is 143 Å². The highest BCUT2D eigenvalue weighted by Crippen LogP contribution is 2.20. The first kappa shape index (κ1) is 16.3. The van der Waals surface area contributed by atoms with Crippen LogP contribution in [0.15, 0.2) is 64.8 Å². The van der Waals surface area contributed by atoms with Crippen molar-refractivity contribution in [1.29, 1.82) is 0 Å². The zero-order valence-corrected chi connectivity index (χ0v) is 14.1. The van der Waals surface area contributed by atoms with E-state index in [1.54, 1.807) is 12.3 Å². The Hall–Kier alpha value is -2.55. The van der Waals surface area contributed by atoms with E-state index in [9.17, 15) is 4.79 Å². The van der Waals surface area contributed by atoms with Crippen molar-refractivity contribution in [3.8, 4) is 0 Å². The fourth-order valence-electron chi connectivity index (χ4n) is 2.94. The molecule has 24 heavy (non-hydrogen) atoms. The average molecular weight is 321 g/mol. The summed E-state index contributed by atoms with van der Waals surface area (Å²) in [6.45, 7) is 4.18. The number of benzene rings is 1. The summed E-state index contributed by atoms with van der Waals surface area (Å²) < 4.78 is 5.27. The van der Waals surface area contributed by atoms with Crippen LogP contribution in [0.2, 0.25) is 0 Å². The number of nitrogens with zero attached hydrogens (tertiary/aromatic N) is 1. The highest BCUT2D eigenvalue weighted by molar-refractivity contribution is 6.05. The van der Waals surface area contributed by atoms with Gasteiger partial charge in [-0.05, 0) is 80.3 Å². The quantitative estimate of drug-likeness (QED) is 0.436. The van der Waals surface area contributed by atoms with E-state index in [0.717, 1.165) is 30.0 Å². The molecule has 0 spiro atoms. The summed E-state index contributed by atoms with van der Waals surface area (Å²) in [5.74, 6) is 0.808. The molecule has 1 aliphatic rings. The molecule has 3 rings (SSSR count). The van der Waals surface area contributed by atoms with Gasteiger partial charge in [0.1, 0.15) is 5.76 Å². The number of hydrogen-bond acceptors (Lipinski definition) is 3. The number of allylic oxidation sites excluding steroid dienone is 3. The van der Waals surface area contributed by atoms with Crippen molar-refractivity contribution in [2.75, 3.05) is 18.0 Å². The van der Waals surface area contributed by atoms with Gasteiger partial charge in [-0.15, -0.1) is 0 Å². The van der Waals surface area contributed by atoms with Crippen molar-refractivity contribution in [2.24, 2.45) is 0 Å². The molecule has 1 saturated heterocycles. The normalized spacial score (nSPS) is 15.9. The second-order valence-corrected chi connectivity index (χ2v) is 6.20. The molecule has 0 aliphatic carbocycles. The fourth-order valence-corrected chi connectivity index (χ4v) is 2.94. The average Bonchev–Trinajstić information content (AvgIpc) is 3.13. The third kappa shape index (κ3) is 4.25. The maximum Gasteiger partial charge on any atom is 0.185 e. The topological polar surface area (TPSA) is 33.5 Å². The predicted molar refractivity (Wildman–Crippen MR) is 98.3 cm³/mol. The summed E-state index contributed by atoms with van der Waals surface area (Å²) in [7, 11) is 0. The minimum atomic E-state index is 0.0207.